The molecule has 2 heterocycles. The number of carbonyl (C=O) groups excluding carboxylic acids is 1. The molecule has 152 valence electrons. The van der Waals surface area contributed by atoms with E-state index in [0.717, 1.165) is 50.5 Å². The molecule has 0 aliphatic heterocycles. The highest BCUT2D eigenvalue weighted by atomic mass is 35.5. The van der Waals surface area contributed by atoms with Crippen LogP contribution in [0.4, 0.5) is 5.69 Å². The van der Waals surface area contributed by atoms with Crippen molar-refractivity contribution >= 4 is 34.5 Å². The summed E-state index contributed by atoms with van der Waals surface area (Å²) in [4.78, 5) is 16.9. The first-order chi connectivity index (χ1) is 14.5. The fraction of sp³-hybridized carbons (Fsp3) is 0.174. The van der Waals surface area contributed by atoms with Crippen LogP contribution in [0.5, 0.6) is 0 Å². The van der Waals surface area contributed by atoms with E-state index in [1.165, 1.54) is 11.3 Å². The molecule has 4 rings (SSSR count). The summed E-state index contributed by atoms with van der Waals surface area (Å²) in [6.45, 7) is 4.03. The fourth-order valence-corrected chi connectivity index (χ4v) is 4.34. The SMILES string of the molecule is Cc1nn(-c2nc(CC(=O)Nc3ccccc3)cs2)c(C)c1Cc1ccccc1Cl. The maximum atomic E-state index is 12.3. The molecule has 30 heavy (non-hydrogen) atoms. The van der Waals surface area contributed by atoms with Crippen LogP contribution in [0, 0.1) is 13.8 Å². The number of benzene rings is 2. The summed E-state index contributed by atoms with van der Waals surface area (Å²) in [5, 5.41) is 11.0. The number of hydrogen-bond acceptors (Lipinski definition) is 4. The van der Waals surface area contributed by atoms with E-state index >= 15 is 0 Å². The molecule has 0 fully saturated rings. The summed E-state index contributed by atoms with van der Waals surface area (Å²) in [5.41, 5.74) is 5.70. The van der Waals surface area contributed by atoms with Crippen LogP contribution in [0.1, 0.15) is 28.2 Å². The molecule has 5 nitrogen and oxygen atoms in total. The molecule has 4 aromatic rings. The van der Waals surface area contributed by atoms with Crippen LogP contribution in [-0.2, 0) is 17.6 Å². The number of carbonyl (C=O) groups is 1. The van der Waals surface area contributed by atoms with E-state index in [2.05, 4.69) is 15.4 Å². The Balaban J connectivity index is 1.51. The highest BCUT2D eigenvalue weighted by molar-refractivity contribution is 7.12. The van der Waals surface area contributed by atoms with Crippen molar-refractivity contribution in [2.24, 2.45) is 0 Å². The number of para-hydroxylation sites is 1. The van der Waals surface area contributed by atoms with E-state index in [9.17, 15) is 4.79 Å². The predicted molar refractivity (Wildman–Crippen MR) is 122 cm³/mol. The van der Waals surface area contributed by atoms with Crippen LogP contribution in [-0.4, -0.2) is 20.7 Å². The molecule has 0 unspecified atom stereocenters. The zero-order chi connectivity index (χ0) is 21.1. The van der Waals surface area contributed by atoms with E-state index in [-0.39, 0.29) is 12.3 Å². The van der Waals surface area contributed by atoms with Gasteiger partial charge in [0.05, 0.1) is 17.8 Å². The van der Waals surface area contributed by atoms with E-state index in [0.29, 0.717) is 0 Å². The maximum absolute atomic E-state index is 12.3. The highest BCUT2D eigenvalue weighted by Crippen LogP contribution is 2.26. The van der Waals surface area contributed by atoms with Crippen molar-refractivity contribution in [1.82, 2.24) is 14.8 Å². The van der Waals surface area contributed by atoms with Crippen molar-refractivity contribution in [3.63, 3.8) is 0 Å². The van der Waals surface area contributed by atoms with Crippen LogP contribution < -0.4 is 5.32 Å². The molecule has 0 aliphatic carbocycles. The van der Waals surface area contributed by atoms with Crippen LogP contribution >= 0.6 is 22.9 Å². The molecule has 0 spiro atoms. The van der Waals surface area contributed by atoms with Crippen molar-refractivity contribution in [2.75, 3.05) is 5.32 Å². The summed E-state index contributed by atoms with van der Waals surface area (Å²) in [7, 11) is 0. The van der Waals surface area contributed by atoms with Gasteiger partial charge in [0.1, 0.15) is 0 Å². The van der Waals surface area contributed by atoms with Gasteiger partial charge in [-0.05, 0) is 37.6 Å². The molecule has 0 radical (unpaired) electrons. The van der Waals surface area contributed by atoms with Gasteiger partial charge in [-0.25, -0.2) is 9.67 Å². The van der Waals surface area contributed by atoms with Crippen LogP contribution in [0.15, 0.2) is 60.0 Å². The van der Waals surface area contributed by atoms with Crippen molar-refractivity contribution in [3.8, 4) is 5.13 Å². The van der Waals surface area contributed by atoms with Gasteiger partial charge in [0.15, 0.2) is 0 Å². The third kappa shape index (κ3) is 4.45. The molecule has 7 heteroatoms. The lowest BCUT2D eigenvalue weighted by Crippen LogP contribution is -2.14. The third-order valence-electron chi connectivity index (χ3n) is 4.89. The Bertz CT molecular complexity index is 1180. The van der Waals surface area contributed by atoms with Crippen molar-refractivity contribution in [3.05, 3.63) is 93.2 Å². The highest BCUT2D eigenvalue weighted by Gasteiger charge is 2.17. The number of aryl methyl sites for hydroxylation is 1. The van der Waals surface area contributed by atoms with Gasteiger partial charge >= 0.3 is 0 Å². The van der Waals surface area contributed by atoms with Gasteiger partial charge in [-0.3, -0.25) is 4.79 Å². The smallest absolute Gasteiger partial charge is 0.230 e. The van der Waals surface area contributed by atoms with Gasteiger partial charge in [-0.15, -0.1) is 11.3 Å². The van der Waals surface area contributed by atoms with E-state index in [1.54, 1.807) is 0 Å². The average molecular weight is 437 g/mol. The Morgan fingerprint density at radius 2 is 1.83 bits per heavy atom. The van der Waals surface area contributed by atoms with E-state index in [1.807, 2.05) is 78.5 Å². The number of thiazole rings is 1. The monoisotopic (exact) mass is 436 g/mol. The number of nitrogens with one attached hydrogen (secondary N) is 1. The quantitative estimate of drug-likeness (QED) is 0.442. The number of hydrogen-bond donors (Lipinski definition) is 1. The molecule has 1 amide bonds. The van der Waals surface area contributed by atoms with E-state index < -0.39 is 0 Å². The van der Waals surface area contributed by atoms with E-state index in [4.69, 9.17) is 11.6 Å². The summed E-state index contributed by atoms with van der Waals surface area (Å²) < 4.78 is 1.85. The second-order valence-electron chi connectivity index (χ2n) is 7.04. The number of amides is 1. The Morgan fingerprint density at radius 3 is 2.60 bits per heavy atom. The van der Waals surface area contributed by atoms with Gasteiger partial charge < -0.3 is 5.32 Å². The van der Waals surface area contributed by atoms with Crippen molar-refractivity contribution < 1.29 is 4.79 Å². The maximum Gasteiger partial charge on any atom is 0.230 e. The zero-order valence-electron chi connectivity index (χ0n) is 16.7. The summed E-state index contributed by atoms with van der Waals surface area (Å²) >= 11 is 7.82. The second kappa shape index (κ2) is 8.81. The summed E-state index contributed by atoms with van der Waals surface area (Å²) in [6.07, 6.45) is 0.937. The fourth-order valence-electron chi connectivity index (χ4n) is 3.32. The molecule has 0 bridgehead atoms. The Labute approximate surface area is 184 Å². The normalized spacial score (nSPS) is 10.9. The molecule has 2 aromatic carbocycles. The minimum atomic E-state index is -0.0918. The second-order valence-corrected chi connectivity index (χ2v) is 8.29. The first-order valence-corrected chi connectivity index (χ1v) is 10.8. The number of rotatable bonds is 6. The molecular formula is C23H21ClN4OS. The van der Waals surface area contributed by atoms with Gasteiger partial charge in [-0.1, -0.05) is 48.0 Å². The lowest BCUT2D eigenvalue weighted by Gasteiger charge is -2.05. The number of anilines is 1. The van der Waals surface area contributed by atoms with Gasteiger partial charge in [0.2, 0.25) is 11.0 Å². The topological polar surface area (TPSA) is 59.8 Å². The van der Waals surface area contributed by atoms with Crippen LogP contribution in [0.2, 0.25) is 5.02 Å². The molecule has 0 atom stereocenters. The zero-order valence-corrected chi connectivity index (χ0v) is 18.3. The summed E-state index contributed by atoms with van der Waals surface area (Å²) in [5.74, 6) is -0.0918. The van der Waals surface area contributed by atoms with Crippen molar-refractivity contribution in [1.29, 1.82) is 0 Å². The first-order valence-electron chi connectivity index (χ1n) is 9.59. The lowest BCUT2D eigenvalue weighted by atomic mass is 10.0. The Morgan fingerprint density at radius 1 is 1.10 bits per heavy atom. The Hall–Kier alpha value is -2.96. The largest absolute Gasteiger partial charge is 0.326 e. The minimum Gasteiger partial charge on any atom is -0.326 e. The Kier molecular flexibility index (Phi) is 5.97. The molecule has 0 saturated carbocycles. The summed E-state index contributed by atoms with van der Waals surface area (Å²) in [6, 6.07) is 17.3. The molecular weight excluding hydrogens is 416 g/mol. The average Bonchev–Trinajstić information content (AvgIpc) is 3.29. The number of halogens is 1. The van der Waals surface area contributed by atoms with Gasteiger partial charge in [0.25, 0.3) is 0 Å². The lowest BCUT2D eigenvalue weighted by molar-refractivity contribution is -0.115. The van der Waals surface area contributed by atoms with Gasteiger partial charge in [0, 0.05) is 33.8 Å². The van der Waals surface area contributed by atoms with Gasteiger partial charge in [-0.2, -0.15) is 5.10 Å². The van der Waals surface area contributed by atoms with Crippen LogP contribution in [0.3, 0.4) is 0 Å². The molecule has 2 aromatic heterocycles. The molecule has 0 aliphatic rings. The number of aromatic nitrogens is 3. The predicted octanol–water partition coefficient (Wildman–Crippen LogP) is 5.37. The minimum absolute atomic E-state index is 0.0918. The standard InChI is InChI=1S/C23H21ClN4OS/c1-15-20(12-17-8-6-7-11-21(17)24)16(2)28(27-15)23-26-19(14-30-23)13-22(29)25-18-9-4-3-5-10-18/h3-11,14H,12-13H2,1-2H3,(H,25,29). The van der Waals surface area contributed by atoms with Crippen LogP contribution in [0.25, 0.3) is 5.13 Å². The third-order valence-corrected chi connectivity index (χ3v) is 6.12. The number of nitrogens with zero attached hydrogens (tertiary/aromatic N) is 3. The molecule has 0 saturated heterocycles. The first kappa shape index (κ1) is 20.3. The van der Waals surface area contributed by atoms with Crippen molar-refractivity contribution in [2.45, 2.75) is 26.7 Å². The molecule has 1 N–H and O–H groups in total.